The number of amides is 2. The molecule has 8 heteroatoms. The molecule has 1 unspecified atom stereocenters. The van der Waals surface area contributed by atoms with Crippen LogP contribution < -0.4 is 5.32 Å². The lowest BCUT2D eigenvalue weighted by Gasteiger charge is -2.33. The molecule has 0 aliphatic carbocycles. The predicted molar refractivity (Wildman–Crippen MR) is 155 cm³/mol. The van der Waals surface area contributed by atoms with E-state index in [-0.39, 0.29) is 25.5 Å². The van der Waals surface area contributed by atoms with Crippen LogP contribution in [0.15, 0.2) is 91.0 Å². The van der Waals surface area contributed by atoms with Gasteiger partial charge in [-0.1, -0.05) is 105 Å². The molecule has 208 valence electrons. The quantitative estimate of drug-likeness (QED) is 0.326. The first-order valence-corrected chi connectivity index (χ1v) is 15.1. The van der Waals surface area contributed by atoms with Gasteiger partial charge in [0.15, 0.2) is 0 Å². The van der Waals surface area contributed by atoms with Gasteiger partial charge in [-0.25, -0.2) is 8.42 Å². The lowest BCUT2D eigenvalue weighted by molar-refractivity contribution is -0.141. The van der Waals surface area contributed by atoms with Gasteiger partial charge in [-0.3, -0.25) is 9.59 Å². The predicted octanol–water partition coefficient (Wildman–Crippen LogP) is 4.25. The smallest absolute Gasteiger partial charge is 0.243 e. The minimum atomic E-state index is -3.71. The highest BCUT2D eigenvalue weighted by molar-refractivity contribution is 7.88. The SMILES string of the molecule is CC(C)CCNC(=O)C(Cc1ccccc1)N(Cc1ccccc1)C(=O)CN(Cc1ccccc1)S(C)(=O)=O. The van der Waals surface area contributed by atoms with Crippen LogP contribution in [0.3, 0.4) is 0 Å². The third kappa shape index (κ3) is 9.96. The number of sulfonamides is 1. The maximum Gasteiger partial charge on any atom is 0.243 e. The molecule has 0 spiro atoms. The summed E-state index contributed by atoms with van der Waals surface area (Å²) in [5.41, 5.74) is 2.54. The Labute approximate surface area is 232 Å². The first-order chi connectivity index (χ1) is 18.6. The summed E-state index contributed by atoms with van der Waals surface area (Å²) in [7, 11) is -3.71. The molecule has 0 saturated heterocycles. The van der Waals surface area contributed by atoms with Crippen LogP contribution in [0.25, 0.3) is 0 Å². The van der Waals surface area contributed by atoms with Crippen molar-refractivity contribution in [3.05, 3.63) is 108 Å². The van der Waals surface area contributed by atoms with Crippen molar-refractivity contribution in [3.63, 3.8) is 0 Å². The molecule has 0 aliphatic rings. The Morgan fingerprint density at radius 3 is 1.74 bits per heavy atom. The van der Waals surface area contributed by atoms with E-state index in [0.29, 0.717) is 18.9 Å². The van der Waals surface area contributed by atoms with Crippen LogP contribution in [0.4, 0.5) is 0 Å². The molecule has 7 nitrogen and oxygen atoms in total. The van der Waals surface area contributed by atoms with Gasteiger partial charge in [-0.15, -0.1) is 0 Å². The van der Waals surface area contributed by atoms with Gasteiger partial charge >= 0.3 is 0 Å². The van der Waals surface area contributed by atoms with Crippen LogP contribution in [-0.2, 0) is 39.1 Å². The zero-order chi connectivity index (χ0) is 28.3. The lowest BCUT2D eigenvalue weighted by atomic mass is 10.0. The summed E-state index contributed by atoms with van der Waals surface area (Å²) < 4.78 is 26.6. The zero-order valence-corrected chi connectivity index (χ0v) is 23.8. The Morgan fingerprint density at radius 2 is 1.26 bits per heavy atom. The van der Waals surface area contributed by atoms with Crippen molar-refractivity contribution < 1.29 is 18.0 Å². The van der Waals surface area contributed by atoms with Crippen molar-refractivity contribution in [1.82, 2.24) is 14.5 Å². The fraction of sp³-hybridized carbons (Fsp3) is 0.355. The van der Waals surface area contributed by atoms with E-state index >= 15 is 0 Å². The molecule has 0 bridgehead atoms. The Kier molecular flexibility index (Phi) is 11.3. The highest BCUT2D eigenvalue weighted by Gasteiger charge is 2.32. The number of nitrogens with zero attached hydrogens (tertiary/aromatic N) is 2. The molecule has 39 heavy (non-hydrogen) atoms. The van der Waals surface area contributed by atoms with E-state index in [1.807, 2.05) is 91.0 Å². The fourth-order valence-corrected chi connectivity index (χ4v) is 4.98. The van der Waals surface area contributed by atoms with Gasteiger partial charge in [-0.2, -0.15) is 4.31 Å². The maximum absolute atomic E-state index is 14.0. The van der Waals surface area contributed by atoms with Crippen molar-refractivity contribution in [2.75, 3.05) is 19.3 Å². The van der Waals surface area contributed by atoms with Crippen molar-refractivity contribution in [2.45, 2.75) is 45.8 Å². The number of benzene rings is 3. The maximum atomic E-state index is 14.0. The second-order valence-electron chi connectivity index (χ2n) is 10.2. The molecule has 0 aromatic heterocycles. The molecular formula is C31H39N3O4S. The highest BCUT2D eigenvalue weighted by Crippen LogP contribution is 2.17. The number of hydrogen-bond donors (Lipinski definition) is 1. The normalized spacial score (nSPS) is 12.3. The third-order valence-corrected chi connectivity index (χ3v) is 7.67. The van der Waals surface area contributed by atoms with Gasteiger partial charge in [0.05, 0.1) is 12.8 Å². The highest BCUT2D eigenvalue weighted by atomic mass is 32.2. The molecular weight excluding hydrogens is 510 g/mol. The topological polar surface area (TPSA) is 86.8 Å². The largest absolute Gasteiger partial charge is 0.354 e. The molecule has 0 heterocycles. The van der Waals surface area contributed by atoms with Crippen LogP contribution in [0.5, 0.6) is 0 Å². The van der Waals surface area contributed by atoms with Crippen LogP contribution in [0.1, 0.15) is 37.0 Å². The van der Waals surface area contributed by atoms with Crippen molar-refractivity contribution in [1.29, 1.82) is 0 Å². The molecule has 1 N–H and O–H groups in total. The Bertz CT molecular complexity index is 1280. The van der Waals surface area contributed by atoms with Crippen LogP contribution in [-0.4, -0.2) is 54.8 Å². The second kappa shape index (κ2) is 14.6. The molecule has 0 radical (unpaired) electrons. The van der Waals surface area contributed by atoms with Gasteiger partial charge in [-0.05, 0) is 29.0 Å². The molecule has 3 aromatic carbocycles. The van der Waals surface area contributed by atoms with E-state index in [4.69, 9.17) is 0 Å². The van der Waals surface area contributed by atoms with Crippen molar-refractivity contribution in [2.24, 2.45) is 5.92 Å². The third-order valence-electron chi connectivity index (χ3n) is 6.47. The minimum Gasteiger partial charge on any atom is -0.354 e. The fourth-order valence-electron chi connectivity index (χ4n) is 4.26. The summed E-state index contributed by atoms with van der Waals surface area (Å²) in [6.45, 7) is 4.55. The lowest BCUT2D eigenvalue weighted by Crippen LogP contribution is -2.53. The van der Waals surface area contributed by atoms with E-state index in [0.717, 1.165) is 29.4 Å². The van der Waals surface area contributed by atoms with E-state index < -0.39 is 22.0 Å². The molecule has 3 aromatic rings. The summed E-state index contributed by atoms with van der Waals surface area (Å²) in [4.78, 5) is 29.1. The molecule has 0 fully saturated rings. The van der Waals surface area contributed by atoms with Gasteiger partial charge < -0.3 is 10.2 Å². The van der Waals surface area contributed by atoms with Gasteiger partial charge in [0, 0.05) is 26.1 Å². The molecule has 2 amide bonds. The Hall–Kier alpha value is -3.49. The number of carbonyl (C=O) groups is 2. The van der Waals surface area contributed by atoms with E-state index in [1.165, 1.54) is 9.21 Å². The van der Waals surface area contributed by atoms with Crippen molar-refractivity contribution in [3.8, 4) is 0 Å². The number of carbonyl (C=O) groups excluding carboxylic acids is 2. The first-order valence-electron chi connectivity index (χ1n) is 13.3. The Morgan fingerprint density at radius 1 is 0.769 bits per heavy atom. The molecule has 0 aliphatic heterocycles. The molecule has 0 saturated carbocycles. The van der Waals surface area contributed by atoms with Crippen LogP contribution in [0, 0.1) is 5.92 Å². The van der Waals surface area contributed by atoms with E-state index in [1.54, 1.807) is 0 Å². The Balaban J connectivity index is 1.95. The van der Waals surface area contributed by atoms with E-state index in [2.05, 4.69) is 19.2 Å². The standard InChI is InChI=1S/C31H39N3O4S/c1-25(2)19-20-32-31(36)29(21-26-13-7-4-8-14-26)34(23-28-17-11-6-12-18-28)30(35)24-33(39(3,37)38)22-27-15-9-5-10-16-27/h4-18,25,29H,19-24H2,1-3H3,(H,32,36). The van der Waals surface area contributed by atoms with Gasteiger partial charge in [0.25, 0.3) is 0 Å². The summed E-state index contributed by atoms with van der Waals surface area (Å²) >= 11 is 0. The number of rotatable bonds is 14. The summed E-state index contributed by atoms with van der Waals surface area (Å²) in [6, 6.07) is 27.4. The second-order valence-corrected chi connectivity index (χ2v) is 12.2. The first kappa shape index (κ1) is 30.1. The van der Waals surface area contributed by atoms with Gasteiger partial charge in [0.2, 0.25) is 21.8 Å². The van der Waals surface area contributed by atoms with E-state index in [9.17, 15) is 18.0 Å². The summed E-state index contributed by atoms with van der Waals surface area (Å²) in [5.74, 6) is -0.265. The summed E-state index contributed by atoms with van der Waals surface area (Å²) in [6.07, 6.45) is 2.23. The van der Waals surface area contributed by atoms with Crippen LogP contribution >= 0.6 is 0 Å². The average molecular weight is 550 g/mol. The van der Waals surface area contributed by atoms with Crippen LogP contribution in [0.2, 0.25) is 0 Å². The molecule has 1 atom stereocenters. The number of nitrogens with one attached hydrogen (secondary N) is 1. The number of hydrogen-bond acceptors (Lipinski definition) is 4. The van der Waals surface area contributed by atoms with Crippen molar-refractivity contribution >= 4 is 21.8 Å². The summed E-state index contributed by atoms with van der Waals surface area (Å²) in [5, 5.41) is 3.01. The van der Waals surface area contributed by atoms with Gasteiger partial charge in [0.1, 0.15) is 6.04 Å². The average Bonchev–Trinajstić information content (AvgIpc) is 2.91. The molecule has 3 rings (SSSR count). The monoisotopic (exact) mass is 549 g/mol. The zero-order valence-electron chi connectivity index (χ0n) is 23.0. The minimum absolute atomic E-state index is 0.0640.